The summed E-state index contributed by atoms with van der Waals surface area (Å²) < 4.78 is 12.2. The molecule has 102 valence electrons. The Morgan fingerprint density at radius 1 is 1.22 bits per heavy atom. The molecule has 0 aliphatic rings. The molecule has 1 aromatic carbocycles. The molecule has 0 aliphatic carbocycles. The summed E-state index contributed by atoms with van der Waals surface area (Å²) in [5, 5.41) is 0. The number of benzene rings is 1. The molecule has 0 aromatic heterocycles. The van der Waals surface area contributed by atoms with Crippen LogP contribution in [0.4, 0.5) is 0 Å². The first kappa shape index (κ1) is 15.5. The van der Waals surface area contributed by atoms with E-state index in [1.54, 1.807) is 0 Å². The summed E-state index contributed by atoms with van der Waals surface area (Å²) in [7, 11) is 0. The number of hydrogen-bond donors (Lipinski definition) is 1. The van der Waals surface area contributed by atoms with Crippen LogP contribution in [0.15, 0.2) is 22.7 Å². The molecular weight excluding hydrogens is 294 g/mol. The first-order chi connectivity index (χ1) is 8.42. The van der Waals surface area contributed by atoms with E-state index in [1.165, 1.54) is 5.56 Å². The second-order valence-corrected chi connectivity index (χ2v) is 5.97. The Kier molecular flexibility index (Phi) is 6.12. The van der Waals surface area contributed by atoms with Gasteiger partial charge < -0.3 is 15.2 Å². The van der Waals surface area contributed by atoms with Crippen LogP contribution in [0, 0.1) is 0 Å². The molecule has 0 saturated heterocycles. The second kappa shape index (κ2) is 7.12. The maximum atomic E-state index is 5.66. The lowest BCUT2D eigenvalue weighted by atomic mass is 10.1. The van der Waals surface area contributed by atoms with Gasteiger partial charge >= 0.3 is 0 Å². The minimum atomic E-state index is -0.119. The van der Waals surface area contributed by atoms with Crippen LogP contribution in [0.1, 0.15) is 26.3 Å². The third-order valence-corrected chi connectivity index (χ3v) is 2.92. The van der Waals surface area contributed by atoms with Gasteiger partial charge in [0.2, 0.25) is 0 Å². The Morgan fingerprint density at radius 2 is 1.94 bits per heavy atom. The van der Waals surface area contributed by atoms with Crippen molar-refractivity contribution in [3.05, 3.63) is 28.2 Å². The molecule has 4 heteroatoms. The van der Waals surface area contributed by atoms with E-state index in [-0.39, 0.29) is 5.60 Å². The molecule has 3 nitrogen and oxygen atoms in total. The van der Waals surface area contributed by atoms with E-state index in [0.29, 0.717) is 19.8 Å². The Hall–Kier alpha value is -0.580. The Bertz CT molecular complexity index is 375. The average molecular weight is 316 g/mol. The summed E-state index contributed by atoms with van der Waals surface area (Å²) in [5.74, 6) is 0.841. The van der Waals surface area contributed by atoms with Crippen LogP contribution >= 0.6 is 15.9 Å². The predicted molar refractivity (Wildman–Crippen MR) is 78.1 cm³/mol. The van der Waals surface area contributed by atoms with Gasteiger partial charge in [0.25, 0.3) is 0 Å². The molecule has 0 unspecified atom stereocenters. The zero-order valence-corrected chi connectivity index (χ0v) is 12.9. The summed E-state index contributed by atoms with van der Waals surface area (Å²) in [6, 6.07) is 6.05. The topological polar surface area (TPSA) is 44.5 Å². The number of hydrogen-bond acceptors (Lipinski definition) is 3. The highest BCUT2D eigenvalue weighted by Gasteiger charge is 2.09. The van der Waals surface area contributed by atoms with Crippen molar-refractivity contribution in [2.45, 2.75) is 32.8 Å². The maximum absolute atomic E-state index is 5.66. The van der Waals surface area contributed by atoms with Crippen LogP contribution in [0.2, 0.25) is 0 Å². The Balaban J connectivity index is 2.43. The fraction of sp³-hybridized carbons (Fsp3) is 0.571. The van der Waals surface area contributed by atoms with Crippen LogP contribution < -0.4 is 10.5 Å². The van der Waals surface area contributed by atoms with Gasteiger partial charge in [-0.25, -0.2) is 0 Å². The molecule has 0 radical (unpaired) electrons. The van der Waals surface area contributed by atoms with E-state index in [9.17, 15) is 0 Å². The molecule has 18 heavy (non-hydrogen) atoms. The summed E-state index contributed by atoms with van der Waals surface area (Å²) in [4.78, 5) is 0. The first-order valence-electron chi connectivity index (χ1n) is 6.17. The van der Waals surface area contributed by atoms with Crippen molar-refractivity contribution in [3.63, 3.8) is 0 Å². The first-order valence-corrected chi connectivity index (χ1v) is 6.97. The number of halogens is 1. The van der Waals surface area contributed by atoms with Crippen molar-refractivity contribution in [2.75, 3.05) is 19.8 Å². The molecule has 0 bridgehead atoms. The summed E-state index contributed by atoms with van der Waals surface area (Å²) in [6.07, 6.45) is 0.881. The van der Waals surface area contributed by atoms with Crippen LogP contribution in [-0.2, 0) is 11.2 Å². The van der Waals surface area contributed by atoms with Crippen molar-refractivity contribution in [1.82, 2.24) is 0 Å². The van der Waals surface area contributed by atoms with Gasteiger partial charge in [0.1, 0.15) is 12.4 Å². The number of nitrogens with two attached hydrogens (primary N) is 1. The normalized spacial score (nSPS) is 11.6. The van der Waals surface area contributed by atoms with Gasteiger partial charge in [0, 0.05) is 0 Å². The predicted octanol–water partition coefficient (Wildman–Crippen LogP) is 3.14. The molecule has 2 N–H and O–H groups in total. The van der Waals surface area contributed by atoms with Crippen molar-refractivity contribution in [1.29, 1.82) is 0 Å². The van der Waals surface area contributed by atoms with Gasteiger partial charge in [-0.05, 0) is 67.4 Å². The highest BCUT2D eigenvalue weighted by atomic mass is 79.9. The summed E-state index contributed by atoms with van der Waals surface area (Å²) in [5.41, 5.74) is 6.62. The molecule has 1 rings (SSSR count). The van der Waals surface area contributed by atoms with Gasteiger partial charge in [-0.2, -0.15) is 0 Å². The third kappa shape index (κ3) is 5.85. The molecule has 1 aromatic rings. The molecule has 0 aliphatic heterocycles. The average Bonchev–Trinajstić information content (AvgIpc) is 2.26. The number of ether oxygens (including phenoxy) is 2. The molecule has 0 heterocycles. The van der Waals surface area contributed by atoms with E-state index in [4.69, 9.17) is 15.2 Å². The van der Waals surface area contributed by atoms with Gasteiger partial charge in [0.15, 0.2) is 0 Å². The lowest BCUT2D eigenvalue weighted by molar-refractivity contribution is -0.0163. The number of rotatable bonds is 6. The fourth-order valence-corrected chi connectivity index (χ4v) is 2.02. The van der Waals surface area contributed by atoms with Crippen molar-refractivity contribution < 1.29 is 9.47 Å². The maximum Gasteiger partial charge on any atom is 0.133 e. The molecular formula is C14H22BrNO2. The molecule has 0 atom stereocenters. The van der Waals surface area contributed by atoms with Gasteiger partial charge in [0.05, 0.1) is 16.7 Å². The zero-order chi connectivity index (χ0) is 13.6. The Labute approximate surface area is 118 Å². The van der Waals surface area contributed by atoms with E-state index in [1.807, 2.05) is 39.0 Å². The smallest absolute Gasteiger partial charge is 0.133 e. The third-order valence-electron chi connectivity index (χ3n) is 2.31. The van der Waals surface area contributed by atoms with Crippen LogP contribution in [0.25, 0.3) is 0 Å². The van der Waals surface area contributed by atoms with E-state index >= 15 is 0 Å². The SMILES string of the molecule is CC(C)(C)OCCOc1ccc(CCN)cc1Br. The quantitative estimate of drug-likeness (QED) is 0.820. The van der Waals surface area contributed by atoms with Gasteiger partial charge in [-0.15, -0.1) is 0 Å². The van der Waals surface area contributed by atoms with Crippen molar-refractivity contribution >= 4 is 15.9 Å². The standard InChI is InChI=1S/C14H22BrNO2/c1-14(2,3)18-9-8-17-13-5-4-11(6-7-16)10-12(13)15/h4-5,10H,6-9,16H2,1-3H3. The van der Waals surface area contributed by atoms with Crippen molar-refractivity contribution in [2.24, 2.45) is 5.73 Å². The lowest BCUT2D eigenvalue weighted by Gasteiger charge is -2.19. The highest BCUT2D eigenvalue weighted by molar-refractivity contribution is 9.10. The highest BCUT2D eigenvalue weighted by Crippen LogP contribution is 2.26. The van der Waals surface area contributed by atoms with Crippen LogP contribution in [-0.4, -0.2) is 25.4 Å². The molecule has 0 saturated carbocycles. The zero-order valence-electron chi connectivity index (χ0n) is 11.3. The largest absolute Gasteiger partial charge is 0.490 e. The van der Waals surface area contributed by atoms with Crippen LogP contribution in [0.5, 0.6) is 5.75 Å². The summed E-state index contributed by atoms with van der Waals surface area (Å²) >= 11 is 3.50. The molecule has 0 spiro atoms. The molecule has 0 amide bonds. The van der Waals surface area contributed by atoms with E-state index in [0.717, 1.165) is 16.6 Å². The molecule has 0 fully saturated rings. The Morgan fingerprint density at radius 3 is 2.50 bits per heavy atom. The minimum absolute atomic E-state index is 0.119. The van der Waals surface area contributed by atoms with Crippen molar-refractivity contribution in [3.8, 4) is 5.75 Å². The van der Waals surface area contributed by atoms with Gasteiger partial charge in [-0.3, -0.25) is 0 Å². The lowest BCUT2D eigenvalue weighted by Crippen LogP contribution is -2.22. The van der Waals surface area contributed by atoms with Crippen LogP contribution in [0.3, 0.4) is 0 Å². The summed E-state index contributed by atoms with van der Waals surface area (Å²) in [6.45, 7) is 7.89. The fourth-order valence-electron chi connectivity index (χ4n) is 1.48. The van der Waals surface area contributed by atoms with Gasteiger partial charge in [-0.1, -0.05) is 6.07 Å². The van der Waals surface area contributed by atoms with E-state index in [2.05, 4.69) is 15.9 Å². The minimum Gasteiger partial charge on any atom is -0.490 e. The monoisotopic (exact) mass is 315 g/mol. The second-order valence-electron chi connectivity index (χ2n) is 5.11. The van der Waals surface area contributed by atoms with E-state index < -0.39 is 0 Å².